The Kier molecular flexibility index (Phi) is 4.93. The highest BCUT2D eigenvalue weighted by atomic mass is 79.9. The first kappa shape index (κ1) is 12.0. The number of piperidine rings is 1. The second-order valence-electron chi connectivity index (χ2n) is 4.19. The summed E-state index contributed by atoms with van der Waals surface area (Å²) in [6, 6.07) is 0. The van der Waals surface area contributed by atoms with E-state index in [1.807, 2.05) is 11.8 Å². The van der Waals surface area contributed by atoms with Crippen LogP contribution in [0.3, 0.4) is 0 Å². The lowest BCUT2D eigenvalue weighted by molar-refractivity contribution is -0.136. The summed E-state index contributed by atoms with van der Waals surface area (Å²) in [5.74, 6) is 0.568. The molecule has 0 N–H and O–H groups in total. The van der Waals surface area contributed by atoms with E-state index in [2.05, 4.69) is 22.9 Å². The van der Waals surface area contributed by atoms with Crippen LogP contribution in [0.5, 0.6) is 0 Å². The van der Waals surface area contributed by atoms with Gasteiger partial charge >= 0.3 is 0 Å². The number of amides is 1. The number of halogens is 1. The highest BCUT2D eigenvalue weighted by molar-refractivity contribution is 9.09. The minimum Gasteiger partial charge on any atom is -0.342 e. The molecule has 2 nitrogen and oxygen atoms in total. The van der Waals surface area contributed by atoms with E-state index in [1.54, 1.807) is 0 Å². The van der Waals surface area contributed by atoms with Gasteiger partial charge in [-0.1, -0.05) is 36.2 Å². The lowest BCUT2D eigenvalue weighted by atomic mass is 10.0. The molecule has 1 unspecified atom stereocenters. The summed E-state index contributed by atoms with van der Waals surface area (Å²) in [5.41, 5.74) is 0. The largest absolute Gasteiger partial charge is 0.342 e. The standard InChI is InChI=1S/C11H20BrNO/c1-3-4-9(2)11(14)13-7-5-10(12)6-8-13/h9-10H,3-8H2,1-2H3. The Morgan fingerprint density at radius 3 is 2.57 bits per heavy atom. The van der Waals surface area contributed by atoms with Gasteiger partial charge in [0.15, 0.2) is 0 Å². The van der Waals surface area contributed by atoms with Crippen LogP contribution in [0.4, 0.5) is 0 Å². The lowest BCUT2D eigenvalue weighted by Crippen LogP contribution is -2.41. The highest BCUT2D eigenvalue weighted by Crippen LogP contribution is 2.20. The summed E-state index contributed by atoms with van der Waals surface area (Å²) < 4.78 is 0. The van der Waals surface area contributed by atoms with E-state index in [0.717, 1.165) is 38.8 Å². The highest BCUT2D eigenvalue weighted by Gasteiger charge is 2.24. The van der Waals surface area contributed by atoms with Crippen molar-refractivity contribution in [3.05, 3.63) is 0 Å². The predicted octanol–water partition coefficient (Wildman–Crippen LogP) is 2.81. The van der Waals surface area contributed by atoms with Gasteiger partial charge in [-0.2, -0.15) is 0 Å². The van der Waals surface area contributed by atoms with Crippen LogP contribution in [-0.2, 0) is 4.79 Å². The van der Waals surface area contributed by atoms with Crippen LogP contribution in [0.2, 0.25) is 0 Å². The van der Waals surface area contributed by atoms with E-state index in [0.29, 0.717) is 10.7 Å². The molecule has 0 aromatic heterocycles. The molecule has 14 heavy (non-hydrogen) atoms. The van der Waals surface area contributed by atoms with Gasteiger partial charge in [0, 0.05) is 23.8 Å². The van der Waals surface area contributed by atoms with Crippen LogP contribution < -0.4 is 0 Å². The van der Waals surface area contributed by atoms with Gasteiger partial charge in [-0.25, -0.2) is 0 Å². The van der Waals surface area contributed by atoms with Gasteiger partial charge in [0.2, 0.25) is 5.91 Å². The average molecular weight is 262 g/mol. The number of hydrogen-bond acceptors (Lipinski definition) is 1. The fourth-order valence-electron chi connectivity index (χ4n) is 1.94. The molecule has 0 aromatic rings. The van der Waals surface area contributed by atoms with E-state index in [9.17, 15) is 4.79 Å². The average Bonchev–Trinajstić information content (AvgIpc) is 2.18. The van der Waals surface area contributed by atoms with Gasteiger partial charge in [-0.3, -0.25) is 4.79 Å². The van der Waals surface area contributed by atoms with Crippen molar-refractivity contribution in [2.24, 2.45) is 5.92 Å². The molecule has 1 fully saturated rings. The third-order valence-electron chi connectivity index (χ3n) is 2.88. The monoisotopic (exact) mass is 261 g/mol. The minimum absolute atomic E-state index is 0.215. The van der Waals surface area contributed by atoms with E-state index in [1.165, 1.54) is 0 Å². The molecular formula is C11H20BrNO. The Morgan fingerprint density at radius 1 is 1.50 bits per heavy atom. The molecule has 0 bridgehead atoms. The molecular weight excluding hydrogens is 242 g/mol. The van der Waals surface area contributed by atoms with Gasteiger partial charge in [-0.05, 0) is 19.3 Å². The molecule has 0 aliphatic carbocycles. The second-order valence-corrected chi connectivity index (χ2v) is 5.48. The maximum atomic E-state index is 11.9. The van der Waals surface area contributed by atoms with Crippen molar-refractivity contribution >= 4 is 21.8 Å². The summed E-state index contributed by atoms with van der Waals surface area (Å²) >= 11 is 3.59. The van der Waals surface area contributed by atoms with E-state index in [4.69, 9.17) is 0 Å². The summed E-state index contributed by atoms with van der Waals surface area (Å²) in [5, 5.41) is 0. The number of carbonyl (C=O) groups is 1. The van der Waals surface area contributed by atoms with Crippen LogP contribution in [0.15, 0.2) is 0 Å². The Morgan fingerprint density at radius 2 is 2.07 bits per heavy atom. The molecule has 1 rings (SSSR count). The Hall–Kier alpha value is -0.0500. The fraction of sp³-hybridized carbons (Fsp3) is 0.909. The maximum Gasteiger partial charge on any atom is 0.225 e. The molecule has 0 spiro atoms. The molecule has 82 valence electrons. The Bertz CT molecular complexity index is 188. The quantitative estimate of drug-likeness (QED) is 0.716. The van der Waals surface area contributed by atoms with Crippen LogP contribution in [0, 0.1) is 5.92 Å². The molecule has 0 radical (unpaired) electrons. The Balaban J connectivity index is 2.37. The third-order valence-corrected chi connectivity index (χ3v) is 3.80. The van der Waals surface area contributed by atoms with Gasteiger partial charge in [-0.15, -0.1) is 0 Å². The first-order chi connectivity index (χ1) is 6.65. The van der Waals surface area contributed by atoms with Crippen LogP contribution in [0.25, 0.3) is 0 Å². The van der Waals surface area contributed by atoms with Gasteiger partial charge in [0.1, 0.15) is 0 Å². The lowest BCUT2D eigenvalue weighted by Gasteiger charge is -2.31. The van der Waals surface area contributed by atoms with Crippen molar-refractivity contribution in [2.75, 3.05) is 13.1 Å². The third kappa shape index (κ3) is 3.26. The molecule has 0 aromatic carbocycles. The maximum absolute atomic E-state index is 11.9. The van der Waals surface area contributed by atoms with Crippen molar-refractivity contribution in [1.82, 2.24) is 4.90 Å². The van der Waals surface area contributed by atoms with Crippen LogP contribution in [0.1, 0.15) is 39.5 Å². The molecule has 1 atom stereocenters. The SMILES string of the molecule is CCCC(C)C(=O)N1CCC(Br)CC1. The van der Waals surface area contributed by atoms with Gasteiger partial charge in [0.25, 0.3) is 0 Å². The topological polar surface area (TPSA) is 20.3 Å². The van der Waals surface area contributed by atoms with Crippen molar-refractivity contribution in [3.8, 4) is 0 Å². The van der Waals surface area contributed by atoms with Crippen molar-refractivity contribution in [1.29, 1.82) is 0 Å². The van der Waals surface area contributed by atoms with E-state index >= 15 is 0 Å². The number of likely N-dealkylation sites (tertiary alicyclic amines) is 1. The number of alkyl halides is 1. The number of hydrogen-bond donors (Lipinski definition) is 0. The van der Waals surface area contributed by atoms with E-state index in [-0.39, 0.29) is 5.92 Å². The Labute approximate surface area is 95.2 Å². The molecule has 0 saturated carbocycles. The molecule has 3 heteroatoms. The van der Waals surface area contributed by atoms with Gasteiger partial charge in [0.05, 0.1) is 0 Å². The zero-order valence-electron chi connectivity index (χ0n) is 9.13. The number of rotatable bonds is 3. The summed E-state index contributed by atoms with van der Waals surface area (Å²) in [4.78, 5) is 14.5. The summed E-state index contributed by atoms with van der Waals surface area (Å²) in [6.07, 6.45) is 4.32. The second kappa shape index (κ2) is 5.74. The van der Waals surface area contributed by atoms with Crippen molar-refractivity contribution in [3.63, 3.8) is 0 Å². The smallest absolute Gasteiger partial charge is 0.225 e. The van der Waals surface area contributed by atoms with Crippen LogP contribution in [-0.4, -0.2) is 28.7 Å². The summed E-state index contributed by atoms with van der Waals surface area (Å²) in [7, 11) is 0. The van der Waals surface area contributed by atoms with Crippen molar-refractivity contribution in [2.45, 2.75) is 44.4 Å². The molecule has 1 saturated heterocycles. The van der Waals surface area contributed by atoms with Crippen LogP contribution >= 0.6 is 15.9 Å². The fourth-order valence-corrected chi connectivity index (χ4v) is 2.35. The first-order valence-corrected chi connectivity index (χ1v) is 6.49. The number of nitrogens with zero attached hydrogens (tertiary/aromatic N) is 1. The molecule has 1 heterocycles. The zero-order chi connectivity index (χ0) is 10.6. The zero-order valence-corrected chi connectivity index (χ0v) is 10.7. The first-order valence-electron chi connectivity index (χ1n) is 5.58. The minimum atomic E-state index is 0.215. The molecule has 1 amide bonds. The number of carbonyl (C=O) groups excluding carboxylic acids is 1. The van der Waals surface area contributed by atoms with Gasteiger partial charge < -0.3 is 4.90 Å². The molecule has 1 aliphatic heterocycles. The summed E-state index contributed by atoms with van der Waals surface area (Å²) in [6.45, 7) is 6.05. The normalized spacial score (nSPS) is 20.9. The van der Waals surface area contributed by atoms with Crippen molar-refractivity contribution < 1.29 is 4.79 Å². The van der Waals surface area contributed by atoms with E-state index < -0.39 is 0 Å². The predicted molar refractivity (Wildman–Crippen MR) is 62.6 cm³/mol. The molecule has 1 aliphatic rings.